The van der Waals surface area contributed by atoms with Gasteiger partial charge in [-0.05, 0) is 38.0 Å². The average molecular weight is 288 g/mol. The Labute approximate surface area is 121 Å². The number of aromatic nitrogens is 1. The molecule has 0 spiro atoms. The van der Waals surface area contributed by atoms with Crippen LogP contribution in [0.2, 0.25) is 0 Å². The third kappa shape index (κ3) is 3.68. The first-order valence-corrected chi connectivity index (χ1v) is 6.52. The lowest BCUT2D eigenvalue weighted by molar-refractivity contribution is -0.136. The number of nitrogens with zero attached hydrogens (tertiary/aromatic N) is 1. The second-order valence-corrected chi connectivity index (χ2v) is 4.74. The minimum Gasteiger partial charge on any atom is -0.481 e. The SMILES string of the molecule is Cc1noc(C)c1C(=O)Nc1ccc(CCC(=O)O)cc1. The van der Waals surface area contributed by atoms with Crippen molar-refractivity contribution in [3.8, 4) is 0 Å². The van der Waals surface area contributed by atoms with Gasteiger partial charge in [-0.2, -0.15) is 0 Å². The van der Waals surface area contributed by atoms with Crippen LogP contribution in [0, 0.1) is 13.8 Å². The highest BCUT2D eigenvalue weighted by Gasteiger charge is 2.17. The number of anilines is 1. The first-order chi connectivity index (χ1) is 9.97. The Bertz CT molecular complexity index is 639. The number of aliphatic carboxylic acids is 1. The molecule has 0 fully saturated rings. The van der Waals surface area contributed by atoms with Gasteiger partial charge in [0.25, 0.3) is 5.91 Å². The van der Waals surface area contributed by atoms with Crippen molar-refractivity contribution < 1.29 is 19.2 Å². The molecule has 6 heteroatoms. The number of hydrogen-bond acceptors (Lipinski definition) is 4. The smallest absolute Gasteiger partial charge is 0.303 e. The summed E-state index contributed by atoms with van der Waals surface area (Å²) in [7, 11) is 0. The van der Waals surface area contributed by atoms with E-state index in [2.05, 4.69) is 10.5 Å². The number of benzene rings is 1. The fourth-order valence-corrected chi connectivity index (χ4v) is 2.01. The standard InChI is InChI=1S/C15H16N2O4/c1-9-14(10(2)21-17-9)15(20)16-12-6-3-11(4-7-12)5-8-13(18)19/h3-4,6-7H,5,8H2,1-2H3,(H,16,20)(H,18,19). The fraction of sp³-hybridized carbons (Fsp3) is 0.267. The zero-order valence-electron chi connectivity index (χ0n) is 11.8. The van der Waals surface area contributed by atoms with Crippen molar-refractivity contribution in [1.82, 2.24) is 5.16 Å². The van der Waals surface area contributed by atoms with Gasteiger partial charge >= 0.3 is 5.97 Å². The molecule has 1 amide bonds. The van der Waals surface area contributed by atoms with Crippen LogP contribution in [0.4, 0.5) is 5.69 Å². The molecular weight excluding hydrogens is 272 g/mol. The van der Waals surface area contributed by atoms with E-state index in [1.165, 1.54) is 0 Å². The highest BCUT2D eigenvalue weighted by atomic mass is 16.5. The molecule has 0 saturated heterocycles. The summed E-state index contributed by atoms with van der Waals surface area (Å²) in [5.74, 6) is -0.626. The molecule has 0 aliphatic rings. The molecule has 6 nitrogen and oxygen atoms in total. The van der Waals surface area contributed by atoms with E-state index in [1.807, 2.05) is 0 Å². The number of hydrogen-bond donors (Lipinski definition) is 2. The molecular formula is C15H16N2O4. The van der Waals surface area contributed by atoms with E-state index in [0.717, 1.165) is 5.56 Å². The van der Waals surface area contributed by atoms with Crippen molar-refractivity contribution in [3.05, 3.63) is 46.8 Å². The van der Waals surface area contributed by atoms with Crippen LogP contribution >= 0.6 is 0 Å². The van der Waals surface area contributed by atoms with Crippen molar-refractivity contribution in [2.45, 2.75) is 26.7 Å². The quantitative estimate of drug-likeness (QED) is 0.882. The number of amides is 1. The summed E-state index contributed by atoms with van der Waals surface area (Å²) < 4.78 is 4.96. The van der Waals surface area contributed by atoms with Gasteiger partial charge in [-0.3, -0.25) is 9.59 Å². The summed E-state index contributed by atoms with van der Waals surface area (Å²) in [5.41, 5.74) is 2.53. The monoisotopic (exact) mass is 288 g/mol. The highest BCUT2D eigenvalue weighted by Crippen LogP contribution is 2.16. The van der Waals surface area contributed by atoms with E-state index in [4.69, 9.17) is 9.63 Å². The summed E-state index contributed by atoms with van der Waals surface area (Å²) in [5, 5.41) is 15.1. The second-order valence-electron chi connectivity index (χ2n) is 4.74. The summed E-state index contributed by atoms with van der Waals surface area (Å²) >= 11 is 0. The summed E-state index contributed by atoms with van der Waals surface area (Å²) in [6.07, 6.45) is 0.554. The summed E-state index contributed by atoms with van der Waals surface area (Å²) in [6.45, 7) is 3.39. The molecule has 21 heavy (non-hydrogen) atoms. The third-order valence-electron chi connectivity index (χ3n) is 3.10. The molecule has 2 N–H and O–H groups in total. The number of carboxylic acid groups (broad SMARTS) is 1. The molecule has 2 aromatic rings. The Morgan fingerprint density at radius 1 is 1.24 bits per heavy atom. The lowest BCUT2D eigenvalue weighted by Gasteiger charge is -2.06. The van der Waals surface area contributed by atoms with Crippen LogP contribution in [-0.4, -0.2) is 22.1 Å². The number of nitrogens with one attached hydrogen (secondary N) is 1. The zero-order chi connectivity index (χ0) is 15.4. The Balaban J connectivity index is 2.03. The number of carbonyl (C=O) groups excluding carboxylic acids is 1. The van der Waals surface area contributed by atoms with Gasteiger partial charge in [0.05, 0.1) is 5.69 Å². The van der Waals surface area contributed by atoms with Crippen molar-refractivity contribution >= 4 is 17.6 Å². The highest BCUT2D eigenvalue weighted by molar-refractivity contribution is 6.05. The number of rotatable bonds is 5. The predicted octanol–water partition coefficient (Wildman–Crippen LogP) is 2.56. The van der Waals surface area contributed by atoms with Crippen LogP contribution in [0.3, 0.4) is 0 Å². The van der Waals surface area contributed by atoms with Gasteiger partial charge in [-0.25, -0.2) is 0 Å². The zero-order valence-corrected chi connectivity index (χ0v) is 11.8. The maximum atomic E-state index is 12.1. The van der Waals surface area contributed by atoms with Crippen LogP contribution in [0.15, 0.2) is 28.8 Å². The van der Waals surface area contributed by atoms with E-state index in [0.29, 0.717) is 29.1 Å². The molecule has 0 unspecified atom stereocenters. The Hall–Kier alpha value is -2.63. The van der Waals surface area contributed by atoms with Gasteiger partial charge in [0, 0.05) is 12.1 Å². The minimum absolute atomic E-state index is 0.0881. The Morgan fingerprint density at radius 2 is 1.90 bits per heavy atom. The van der Waals surface area contributed by atoms with Crippen molar-refractivity contribution in [2.24, 2.45) is 0 Å². The van der Waals surface area contributed by atoms with Crippen LogP contribution < -0.4 is 5.32 Å². The fourth-order valence-electron chi connectivity index (χ4n) is 2.01. The molecule has 1 aromatic heterocycles. The normalized spacial score (nSPS) is 10.4. The van der Waals surface area contributed by atoms with Crippen LogP contribution in [0.5, 0.6) is 0 Å². The number of carbonyl (C=O) groups is 2. The lowest BCUT2D eigenvalue weighted by Crippen LogP contribution is -2.13. The first-order valence-electron chi connectivity index (χ1n) is 6.52. The van der Waals surface area contributed by atoms with E-state index in [9.17, 15) is 9.59 Å². The summed E-state index contributed by atoms with van der Waals surface area (Å²) in [4.78, 5) is 22.6. The van der Waals surface area contributed by atoms with Crippen LogP contribution in [0.1, 0.15) is 33.8 Å². The molecule has 110 valence electrons. The Morgan fingerprint density at radius 3 is 2.43 bits per heavy atom. The first kappa shape index (κ1) is 14.8. The van der Waals surface area contributed by atoms with Crippen molar-refractivity contribution in [1.29, 1.82) is 0 Å². The van der Waals surface area contributed by atoms with Gasteiger partial charge < -0.3 is 14.9 Å². The van der Waals surface area contributed by atoms with Gasteiger partial charge in [0.2, 0.25) is 0 Å². The molecule has 0 saturated carbocycles. The van der Waals surface area contributed by atoms with Gasteiger partial charge in [-0.15, -0.1) is 0 Å². The molecule has 0 bridgehead atoms. The molecule has 0 atom stereocenters. The van der Waals surface area contributed by atoms with E-state index in [-0.39, 0.29) is 12.3 Å². The predicted molar refractivity (Wildman–Crippen MR) is 76.3 cm³/mol. The van der Waals surface area contributed by atoms with Gasteiger partial charge in [-0.1, -0.05) is 17.3 Å². The van der Waals surface area contributed by atoms with Crippen molar-refractivity contribution in [2.75, 3.05) is 5.32 Å². The maximum absolute atomic E-state index is 12.1. The third-order valence-corrected chi connectivity index (χ3v) is 3.10. The van der Waals surface area contributed by atoms with E-state index >= 15 is 0 Å². The lowest BCUT2D eigenvalue weighted by atomic mass is 10.1. The van der Waals surface area contributed by atoms with Gasteiger partial charge in [0.1, 0.15) is 11.3 Å². The average Bonchev–Trinajstić information content (AvgIpc) is 2.77. The minimum atomic E-state index is -0.828. The molecule has 1 heterocycles. The topological polar surface area (TPSA) is 92.4 Å². The molecule has 1 aromatic carbocycles. The number of carboxylic acids is 1. The molecule has 0 aliphatic carbocycles. The van der Waals surface area contributed by atoms with Gasteiger partial charge in [0.15, 0.2) is 0 Å². The molecule has 0 radical (unpaired) electrons. The number of aryl methyl sites for hydroxylation is 3. The molecule has 2 rings (SSSR count). The van der Waals surface area contributed by atoms with Crippen molar-refractivity contribution in [3.63, 3.8) is 0 Å². The largest absolute Gasteiger partial charge is 0.481 e. The van der Waals surface area contributed by atoms with E-state index < -0.39 is 5.97 Å². The second kappa shape index (κ2) is 6.21. The summed E-state index contributed by atoms with van der Waals surface area (Å²) in [6, 6.07) is 7.08. The van der Waals surface area contributed by atoms with E-state index in [1.54, 1.807) is 38.1 Å². The van der Waals surface area contributed by atoms with Crippen LogP contribution in [0.25, 0.3) is 0 Å². The van der Waals surface area contributed by atoms with Crippen LogP contribution in [-0.2, 0) is 11.2 Å². The maximum Gasteiger partial charge on any atom is 0.303 e. The Kier molecular flexibility index (Phi) is 4.37. The molecule has 0 aliphatic heterocycles.